The summed E-state index contributed by atoms with van der Waals surface area (Å²) >= 11 is 5.85. The number of carbonyl (C=O) groups excluding carboxylic acids is 1. The van der Waals surface area contributed by atoms with E-state index in [4.69, 9.17) is 17.3 Å². The monoisotopic (exact) mass is 288 g/mol. The Hall–Kier alpha value is -2.00. The second kappa shape index (κ2) is 6.44. The number of carbonyl (C=O) groups is 1. The summed E-state index contributed by atoms with van der Waals surface area (Å²) in [6, 6.07) is 16.6. The summed E-state index contributed by atoms with van der Waals surface area (Å²) in [4.78, 5) is 11.7. The van der Waals surface area contributed by atoms with E-state index in [2.05, 4.69) is 5.32 Å². The molecule has 0 aromatic heterocycles. The molecule has 3 N–H and O–H groups in total. The molecule has 2 rings (SSSR count). The van der Waals surface area contributed by atoms with Crippen LogP contribution in [-0.4, -0.2) is 11.9 Å². The van der Waals surface area contributed by atoms with E-state index in [9.17, 15) is 4.79 Å². The largest absolute Gasteiger partial charge is 0.373 e. The second-order valence-corrected chi connectivity index (χ2v) is 5.17. The van der Waals surface area contributed by atoms with Gasteiger partial charge in [-0.1, -0.05) is 48.9 Å². The van der Waals surface area contributed by atoms with Crippen molar-refractivity contribution < 1.29 is 4.79 Å². The summed E-state index contributed by atoms with van der Waals surface area (Å²) in [5.74, 6) is -0.402. The minimum absolute atomic E-state index is 0.0237. The summed E-state index contributed by atoms with van der Waals surface area (Å²) in [6.45, 7) is 1.98. The Morgan fingerprint density at radius 1 is 1.10 bits per heavy atom. The molecule has 2 atom stereocenters. The molecule has 0 bridgehead atoms. The fraction of sp³-hybridized carbons (Fsp3) is 0.188. The number of hydrogen-bond acceptors (Lipinski definition) is 2. The molecule has 0 radical (unpaired) electrons. The Balaban J connectivity index is 2.19. The molecule has 0 saturated heterocycles. The number of rotatable bonds is 5. The summed E-state index contributed by atoms with van der Waals surface area (Å²) < 4.78 is 0. The maximum atomic E-state index is 11.7. The Bertz CT molecular complexity index is 569. The van der Waals surface area contributed by atoms with Crippen LogP contribution in [-0.2, 0) is 4.79 Å². The SMILES string of the molecule is CC(c1ccccc1)C(Nc1ccc(Cl)cc1)C(N)=O. The van der Waals surface area contributed by atoms with E-state index in [0.29, 0.717) is 5.02 Å². The Morgan fingerprint density at radius 3 is 2.25 bits per heavy atom. The van der Waals surface area contributed by atoms with Crippen molar-refractivity contribution in [2.75, 3.05) is 5.32 Å². The lowest BCUT2D eigenvalue weighted by Gasteiger charge is -2.23. The molecule has 3 nitrogen and oxygen atoms in total. The molecule has 2 aromatic carbocycles. The van der Waals surface area contributed by atoms with Crippen LogP contribution >= 0.6 is 11.6 Å². The molecule has 4 heteroatoms. The number of amides is 1. The molecule has 104 valence electrons. The molecule has 0 aliphatic rings. The fourth-order valence-corrected chi connectivity index (χ4v) is 2.24. The third kappa shape index (κ3) is 3.52. The van der Waals surface area contributed by atoms with Crippen LogP contribution in [0.3, 0.4) is 0 Å². The molecular weight excluding hydrogens is 272 g/mol. The first-order valence-electron chi connectivity index (χ1n) is 6.44. The van der Waals surface area contributed by atoms with Crippen LogP contribution in [0.15, 0.2) is 54.6 Å². The highest BCUT2D eigenvalue weighted by Crippen LogP contribution is 2.23. The molecule has 2 aromatic rings. The van der Waals surface area contributed by atoms with Gasteiger partial charge < -0.3 is 11.1 Å². The van der Waals surface area contributed by atoms with Gasteiger partial charge in [0.2, 0.25) is 5.91 Å². The van der Waals surface area contributed by atoms with E-state index >= 15 is 0 Å². The number of primary amides is 1. The van der Waals surface area contributed by atoms with E-state index in [0.717, 1.165) is 11.3 Å². The van der Waals surface area contributed by atoms with Crippen LogP contribution in [0.4, 0.5) is 5.69 Å². The standard InChI is InChI=1S/C16H17ClN2O/c1-11(12-5-3-2-4-6-12)15(16(18)20)19-14-9-7-13(17)8-10-14/h2-11,15,19H,1H3,(H2,18,20). The number of nitrogens with one attached hydrogen (secondary N) is 1. The molecule has 0 aliphatic heterocycles. The van der Waals surface area contributed by atoms with Gasteiger partial charge in [0.05, 0.1) is 0 Å². The summed E-state index contributed by atoms with van der Waals surface area (Å²) in [5, 5.41) is 3.83. The van der Waals surface area contributed by atoms with Gasteiger partial charge in [0.25, 0.3) is 0 Å². The lowest BCUT2D eigenvalue weighted by atomic mass is 9.92. The third-order valence-corrected chi connectivity index (χ3v) is 3.55. The highest BCUT2D eigenvalue weighted by atomic mass is 35.5. The molecule has 1 amide bonds. The molecule has 0 saturated carbocycles. The van der Waals surface area contributed by atoms with Crippen molar-refractivity contribution in [1.29, 1.82) is 0 Å². The maximum Gasteiger partial charge on any atom is 0.240 e. The van der Waals surface area contributed by atoms with Gasteiger partial charge in [-0.25, -0.2) is 0 Å². The number of anilines is 1. The average Bonchev–Trinajstić information content (AvgIpc) is 2.46. The summed E-state index contributed by atoms with van der Waals surface area (Å²) in [5.41, 5.74) is 7.41. The Labute approximate surface area is 123 Å². The second-order valence-electron chi connectivity index (χ2n) is 4.73. The molecule has 0 heterocycles. The van der Waals surface area contributed by atoms with Gasteiger partial charge in [0.1, 0.15) is 6.04 Å². The van der Waals surface area contributed by atoms with Crippen LogP contribution in [0.5, 0.6) is 0 Å². The van der Waals surface area contributed by atoms with E-state index in [1.165, 1.54) is 0 Å². The first-order chi connectivity index (χ1) is 9.58. The van der Waals surface area contributed by atoms with Gasteiger partial charge in [-0.15, -0.1) is 0 Å². The van der Waals surface area contributed by atoms with E-state index in [-0.39, 0.29) is 11.8 Å². The predicted molar refractivity (Wildman–Crippen MR) is 82.9 cm³/mol. The highest BCUT2D eigenvalue weighted by molar-refractivity contribution is 6.30. The lowest BCUT2D eigenvalue weighted by molar-refractivity contribution is -0.119. The van der Waals surface area contributed by atoms with Crippen molar-refractivity contribution in [3.63, 3.8) is 0 Å². The maximum absolute atomic E-state index is 11.7. The minimum atomic E-state index is -0.474. The van der Waals surface area contributed by atoms with E-state index in [1.807, 2.05) is 49.4 Å². The zero-order valence-electron chi connectivity index (χ0n) is 11.2. The Kier molecular flexibility index (Phi) is 4.64. The highest BCUT2D eigenvalue weighted by Gasteiger charge is 2.23. The van der Waals surface area contributed by atoms with E-state index < -0.39 is 6.04 Å². The first-order valence-corrected chi connectivity index (χ1v) is 6.82. The fourth-order valence-electron chi connectivity index (χ4n) is 2.12. The average molecular weight is 289 g/mol. The normalized spacial score (nSPS) is 13.5. The van der Waals surface area contributed by atoms with Gasteiger partial charge in [-0.05, 0) is 29.8 Å². The number of benzene rings is 2. The van der Waals surface area contributed by atoms with Gasteiger partial charge in [-0.3, -0.25) is 4.79 Å². The van der Waals surface area contributed by atoms with Gasteiger partial charge in [-0.2, -0.15) is 0 Å². The van der Waals surface area contributed by atoms with Crippen LogP contribution in [0.1, 0.15) is 18.4 Å². The van der Waals surface area contributed by atoms with Crippen LogP contribution in [0, 0.1) is 0 Å². The molecule has 0 aliphatic carbocycles. The molecule has 20 heavy (non-hydrogen) atoms. The third-order valence-electron chi connectivity index (χ3n) is 3.30. The van der Waals surface area contributed by atoms with Crippen LogP contribution in [0.25, 0.3) is 0 Å². The summed E-state index contributed by atoms with van der Waals surface area (Å²) in [6.07, 6.45) is 0. The number of halogens is 1. The van der Waals surface area contributed by atoms with Crippen molar-refractivity contribution in [1.82, 2.24) is 0 Å². The van der Waals surface area contributed by atoms with Crippen molar-refractivity contribution in [2.24, 2.45) is 5.73 Å². The summed E-state index contributed by atoms with van der Waals surface area (Å²) in [7, 11) is 0. The van der Waals surface area contributed by atoms with Crippen LogP contribution in [0.2, 0.25) is 5.02 Å². The number of nitrogens with two attached hydrogens (primary N) is 1. The van der Waals surface area contributed by atoms with Gasteiger partial charge in [0.15, 0.2) is 0 Å². The Morgan fingerprint density at radius 2 is 1.70 bits per heavy atom. The van der Waals surface area contributed by atoms with Crippen molar-refractivity contribution in [3.8, 4) is 0 Å². The topological polar surface area (TPSA) is 55.1 Å². The quantitative estimate of drug-likeness (QED) is 0.886. The van der Waals surface area contributed by atoms with E-state index in [1.54, 1.807) is 12.1 Å². The lowest BCUT2D eigenvalue weighted by Crippen LogP contribution is -2.39. The molecule has 2 unspecified atom stereocenters. The zero-order chi connectivity index (χ0) is 14.5. The molecular formula is C16H17ClN2O. The van der Waals surface area contributed by atoms with Crippen molar-refractivity contribution in [2.45, 2.75) is 18.9 Å². The van der Waals surface area contributed by atoms with Gasteiger partial charge in [0, 0.05) is 16.6 Å². The van der Waals surface area contributed by atoms with Crippen molar-refractivity contribution >= 4 is 23.2 Å². The van der Waals surface area contributed by atoms with Gasteiger partial charge >= 0.3 is 0 Å². The first kappa shape index (κ1) is 14.4. The van der Waals surface area contributed by atoms with Crippen molar-refractivity contribution in [3.05, 3.63) is 65.2 Å². The smallest absolute Gasteiger partial charge is 0.240 e. The number of hydrogen-bond donors (Lipinski definition) is 2. The minimum Gasteiger partial charge on any atom is -0.373 e. The molecule has 0 spiro atoms. The predicted octanol–water partition coefficient (Wildman–Crippen LogP) is 3.41. The molecule has 0 fully saturated rings. The van der Waals surface area contributed by atoms with Crippen LogP contribution < -0.4 is 11.1 Å². The zero-order valence-corrected chi connectivity index (χ0v) is 12.0.